The molecule has 138 valence electrons. The summed E-state index contributed by atoms with van der Waals surface area (Å²) in [5, 5.41) is 0.683. The molecule has 2 aromatic heterocycles. The van der Waals surface area contributed by atoms with Gasteiger partial charge in [0, 0.05) is 17.6 Å². The Bertz CT molecular complexity index is 905. The number of amides is 1. The van der Waals surface area contributed by atoms with E-state index in [1.807, 2.05) is 18.2 Å². The highest BCUT2D eigenvalue weighted by molar-refractivity contribution is 9.10. The second kappa shape index (κ2) is 8.65. The third kappa shape index (κ3) is 4.36. The average molecular weight is 501 g/mol. The van der Waals surface area contributed by atoms with Crippen molar-refractivity contribution in [2.45, 2.75) is 13.8 Å². The summed E-state index contributed by atoms with van der Waals surface area (Å²) >= 11 is 8.26. The normalized spacial score (nSPS) is 11.4. The number of likely N-dealkylation sites (N-methyl/N-ethyl adjacent to an activating group) is 1. The fraction of sp³-hybridized carbons (Fsp3) is 0.333. The van der Waals surface area contributed by atoms with Gasteiger partial charge in [-0.25, -0.2) is 4.98 Å². The summed E-state index contributed by atoms with van der Waals surface area (Å²) in [6.07, 6.45) is 0. The van der Waals surface area contributed by atoms with Crippen molar-refractivity contribution in [2.24, 2.45) is 0 Å². The molecular formula is C18H19Br2N3O2S. The Balaban J connectivity index is 1.93. The minimum Gasteiger partial charge on any atom is -0.444 e. The molecule has 0 N–H and O–H groups in total. The zero-order valence-corrected chi connectivity index (χ0v) is 18.5. The second-order valence-corrected chi connectivity index (χ2v) is 8.40. The van der Waals surface area contributed by atoms with Crippen LogP contribution in [-0.2, 0) is 0 Å². The van der Waals surface area contributed by atoms with Gasteiger partial charge in [0.25, 0.3) is 5.91 Å². The Labute approximate surface area is 173 Å². The third-order valence-electron chi connectivity index (χ3n) is 4.13. The molecule has 3 rings (SSSR count). The molecule has 3 aromatic rings. The fourth-order valence-corrected chi connectivity index (χ4v) is 4.48. The molecule has 1 aromatic carbocycles. The highest BCUT2D eigenvalue weighted by Gasteiger charge is 2.24. The highest BCUT2D eigenvalue weighted by atomic mass is 79.9. The number of halogens is 2. The van der Waals surface area contributed by atoms with Gasteiger partial charge in [0.05, 0.1) is 10.2 Å². The first-order chi connectivity index (χ1) is 12.5. The quantitative estimate of drug-likeness (QED) is 0.435. The van der Waals surface area contributed by atoms with Crippen LogP contribution < -0.4 is 4.90 Å². The summed E-state index contributed by atoms with van der Waals surface area (Å²) in [6, 6.07) is 9.34. The van der Waals surface area contributed by atoms with Crippen molar-refractivity contribution in [3.05, 3.63) is 45.2 Å². The van der Waals surface area contributed by atoms with Gasteiger partial charge < -0.3 is 9.32 Å². The van der Waals surface area contributed by atoms with Gasteiger partial charge in [-0.15, -0.1) is 0 Å². The van der Waals surface area contributed by atoms with Crippen molar-refractivity contribution in [1.29, 1.82) is 0 Å². The SMILES string of the molecule is CCN(CC)CCN(C(=O)c1ccc(Br)o1)c1nc2ccc(Br)cc2s1. The number of hydrogen-bond donors (Lipinski definition) is 0. The predicted molar refractivity (Wildman–Crippen MR) is 113 cm³/mol. The van der Waals surface area contributed by atoms with Gasteiger partial charge in [-0.05, 0) is 59.4 Å². The molecule has 0 atom stereocenters. The van der Waals surface area contributed by atoms with Crippen LogP contribution in [0.4, 0.5) is 5.13 Å². The zero-order chi connectivity index (χ0) is 18.7. The van der Waals surface area contributed by atoms with E-state index in [0.717, 1.165) is 34.3 Å². The number of carbonyl (C=O) groups is 1. The van der Waals surface area contributed by atoms with Crippen LogP contribution in [0.5, 0.6) is 0 Å². The van der Waals surface area contributed by atoms with E-state index in [4.69, 9.17) is 4.42 Å². The standard InChI is InChI=1S/C18H19Br2N3O2S/c1-3-22(4-2)9-10-23(17(24)14-7-8-16(20)25-14)18-21-13-6-5-12(19)11-15(13)26-18/h5-8,11H,3-4,9-10H2,1-2H3. The first-order valence-electron chi connectivity index (χ1n) is 8.37. The van der Waals surface area contributed by atoms with Crippen molar-refractivity contribution in [3.63, 3.8) is 0 Å². The number of benzene rings is 1. The first-order valence-corrected chi connectivity index (χ1v) is 10.8. The molecule has 0 aliphatic heterocycles. The van der Waals surface area contributed by atoms with E-state index in [2.05, 4.69) is 55.6 Å². The number of nitrogens with zero attached hydrogens (tertiary/aromatic N) is 3. The van der Waals surface area contributed by atoms with Crippen molar-refractivity contribution < 1.29 is 9.21 Å². The van der Waals surface area contributed by atoms with Crippen LogP contribution in [0.1, 0.15) is 24.4 Å². The number of thiazole rings is 1. The van der Waals surface area contributed by atoms with Crippen LogP contribution in [0.25, 0.3) is 10.2 Å². The number of fused-ring (bicyclic) bond motifs is 1. The summed E-state index contributed by atoms with van der Waals surface area (Å²) in [5.41, 5.74) is 0.884. The van der Waals surface area contributed by atoms with E-state index in [1.165, 1.54) is 11.3 Å². The number of hydrogen-bond acceptors (Lipinski definition) is 5. The molecule has 1 amide bonds. The molecule has 0 unspecified atom stereocenters. The minimum atomic E-state index is -0.180. The van der Waals surface area contributed by atoms with Crippen LogP contribution in [-0.4, -0.2) is 42.0 Å². The molecule has 5 nitrogen and oxygen atoms in total. The molecule has 8 heteroatoms. The van der Waals surface area contributed by atoms with Crippen LogP contribution in [0.3, 0.4) is 0 Å². The average Bonchev–Trinajstić information content (AvgIpc) is 3.24. The Morgan fingerprint density at radius 2 is 1.92 bits per heavy atom. The molecule has 0 bridgehead atoms. The molecular weight excluding hydrogens is 482 g/mol. The molecule has 0 fully saturated rings. The fourth-order valence-electron chi connectivity index (χ4n) is 2.63. The second-order valence-electron chi connectivity index (χ2n) is 5.70. The smallest absolute Gasteiger partial charge is 0.295 e. The molecule has 0 saturated carbocycles. The number of aromatic nitrogens is 1. The largest absolute Gasteiger partial charge is 0.444 e. The molecule has 0 aliphatic carbocycles. The van der Waals surface area contributed by atoms with Crippen LogP contribution >= 0.6 is 43.2 Å². The van der Waals surface area contributed by atoms with Gasteiger partial charge in [0.2, 0.25) is 0 Å². The van der Waals surface area contributed by atoms with Crippen molar-refractivity contribution in [3.8, 4) is 0 Å². The lowest BCUT2D eigenvalue weighted by Gasteiger charge is -2.24. The summed E-state index contributed by atoms with van der Waals surface area (Å²) in [5.74, 6) is 0.123. The van der Waals surface area contributed by atoms with Gasteiger partial charge in [-0.2, -0.15) is 0 Å². The van der Waals surface area contributed by atoms with E-state index < -0.39 is 0 Å². The monoisotopic (exact) mass is 499 g/mol. The molecule has 26 heavy (non-hydrogen) atoms. The maximum atomic E-state index is 13.0. The van der Waals surface area contributed by atoms with Crippen LogP contribution in [0, 0.1) is 0 Å². The van der Waals surface area contributed by atoms with Gasteiger partial charge in [-0.1, -0.05) is 41.1 Å². The van der Waals surface area contributed by atoms with Crippen LogP contribution in [0.2, 0.25) is 0 Å². The molecule has 0 spiro atoms. The lowest BCUT2D eigenvalue weighted by molar-refractivity contribution is 0.0956. The third-order valence-corrected chi connectivity index (χ3v) is 6.09. The van der Waals surface area contributed by atoms with Gasteiger partial charge in [0.15, 0.2) is 15.6 Å². The molecule has 0 saturated heterocycles. The Morgan fingerprint density at radius 1 is 1.15 bits per heavy atom. The lowest BCUT2D eigenvalue weighted by atomic mass is 10.3. The summed E-state index contributed by atoms with van der Waals surface area (Å²) < 4.78 is 8.06. The van der Waals surface area contributed by atoms with Gasteiger partial charge in [0.1, 0.15) is 0 Å². The maximum Gasteiger partial charge on any atom is 0.295 e. The van der Waals surface area contributed by atoms with E-state index in [1.54, 1.807) is 17.0 Å². The molecule has 2 heterocycles. The van der Waals surface area contributed by atoms with E-state index >= 15 is 0 Å². The van der Waals surface area contributed by atoms with Crippen LogP contribution in [0.15, 0.2) is 43.9 Å². The Kier molecular flexibility index (Phi) is 6.50. The molecule has 0 aliphatic rings. The van der Waals surface area contributed by atoms with Crippen molar-refractivity contribution in [1.82, 2.24) is 9.88 Å². The summed E-state index contributed by atoms with van der Waals surface area (Å²) in [4.78, 5) is 21.7. The predicted octanol–water partition coefficient (Wildman–Crippen LogP) is 5.40. The number of carbonyl (C=O) groups excluding carboxylic acids is 1. The number of rotatable bonds is 7. The first kappa shape index (κ1) is 19.5. The summed E-state index contributed by atoms with van der Waals surface area (Å²) in [7, 11) is 0. The Hall–Kier alpha value is -1.22. The van der Waals surface area contributed by atoms with Crippen molar-refractivity contribution >= 4 is 64.5 Å². The molecule has 0 radical (unpaired) electrons. The zero-order valence-electron chi connectivity index (χ0n) is 14.5. The number of anilines is 1. The number of furan rings is 1. The topological polar surface area (TPSA) is 49.6 Å². The van der Waals surface area contributed by atoms with E-state index in [-0.39, 0.29) is 5.91 Å². The van der Waals surface area contributed by atoms with Gasteiger partial charge >= 0.3 is 0 Å². The lowest BCUT2D eigenvalue weighted by Crippen LogP contribution is -2.38. The highest BCUT2D eigenvalue weighted by Crippen LogP contribution is 2.32. The maximum absolute atomic E-state index is 13.0. The minimum absolute atomic E-state index is 0.180. The van der Waals surface area contributed by atoms with E-state index in [9.17, 15) is 4.79 Å². The van der Waals surface area contributed by atoms with Gasteiger partial charge in [-0.3, -0.25) is 9.69 Å². The van der Waals surface area contributed by atoms with E-state index in [0.29, 0.717) is 22.1 Å². The van der Waals surface area contributed by atoms with Crippen molar-refractivity contribution in [2.75, 3.05) is 31.1 Å². The Morgan fingerprint density at radius 3 is 2.58 bits per heavy atom. The summed E-state index contributed by atoms with van der Waals surface area (Å²) in [6.45, 7) is 7.46.